The van der Waals surface area contributed by atoms with E-state index in [-0.39, 0.29) is 23.2 Å². The number of hydrogen-bond donors (Lipinski definition) is 2. The molecule has 22 heavy (non-hydrogen) atoms. The van der Waals surface area contributed by atoms with Crippen molar-refractivity contribution in [2.75, 3.05) is 31.5 Å². The molecule has 2 aliphatic rings. The number of fused-ring (bicyclic) bond motifs is 1. The Morgan fingerprint density at radius 3 is 2.50 bits per heavy atom. The third kappa shape index (κ3) is 3.30. The summed E-state index contributed by atoms with van der Waals surface area (Å²) in [7, 11) is -3.55. The van der Waals surface area contributed by atoms with Gasteiger partial charge in [-0.05, 0) is 40.0 Å². The average Bonchev–Trinajstić information content (AvgIpc) is 2.48. The Bertz CT molecular complexity index is 690. The molecule has 122 valence electrons. The van der Waals surface area contributed by atoms with Crippen molar-refractivity contribution < 1.29 is 13.2 Å². The summed E-state index contributed by atoms with van der Waals surface area (Å²) >= 11 is 3.36. The molecule has 2 N–H and O–H groups in total. The number of rotatable bonds is 2. The molecule has 1 fully saturated rings. The molecule has 0 bridgehead atoms. The van der Waals surface area contributed by atoms with E-state index in [0.29, 0.717) is 49.2 Å². The van der Waals surface area contributed by atoms with Gasteiger partial charge in [0.2, 0.25) is 15.9 Å². The molecule has 6 nitrogen and oxygen atoms in total. The first kappa shape index (κ1) is 17.7. The third-order valence-corrected chi connectivity index (χ3v) is 6.60. The van der Waals surface area contributed by atoms with E-state index >= 15 is 0 Å². The molecule has 0 atom stereocenters. The van der Waals surface area contributed by atoms with Crippen LogP contribution in [0, 0.1) is 0 Å². The van der Waals surface area contributed by atoms with Crippen LogP contribution in [0.3, 0.4) is 0 Å². The van der Waals surface area contributed by atoms with Crippen molar-refractivity contribution in [3.63, 3.8) is 0 Å². The molecule has 0 aliphatic carbocycles. The Balaban J connectivity index is 0.00000176. The second-order valence-electron chi connectivity index (χ2n) is 5.14. The molecule has 0 saturated carbocycles. The summed E-state index contributed by atoms with van der Waals surface area (Å²) in [6.07, 6.45) is 1.07. The van der Waals surface area contributed by atoms with Gasteiger partial charge in [0.05, 0.1) is 4.90 Å². The zero-order chi connectivity index (χ0) is 15.0. The first-order valence-corrected chi connectivity index (χ1v) is 9.05. The number of halogens is 2. The van der Waals surface area contributed by atoms with Gasteiger partial charge in [-0.15, -0.1) is 12.4 Å². The summed E-state index contributed by atoms with van der Waals surface area (Å²) in [5, 5.41) is 5.88. The fourth-order valence-corrected chi connectivity index (χ4v) is 5.12. The van der Waals surface area contributed by atoms with Crippen molar-refractivity contribution in [3.8, 4) is 0 Å². The van der Waals surface area contributed by atoms with E-state index in [9.17, 15) is 13.2 Å². The van der Waals surface area contributed by atoms with Crippen LogP contribution in [0.1, 0.15) is 12.0 Å². The lowest BCUT2D eigenvalue weighted by molar-refractivity contribution is -0.116. The second kappa shape index (κ2) is 6.84. The van der Waals surface area contributed by atoms with Crippen molar-refractivity contribution in [1.29, 1.82) is 0 Å². The van der Waals surface area contributed by atoms with E-state index in [4.69, 9.17) is 0 Å². The molecule has 0 aromatic heterocycles. The molecule has 1 aromatic rings. The van der Waals surface area contributed by atoms with E-state index in [1.807, 2.05) is 0 Å². The lowest BCUT2D eigenvalue weighted by Gasteiger charge is -2.28. The van der Waals surface area contributed by atoms with Gasteiger partial charge < -0.3 is 10.6 Å². The lowest BCUT2D eigenvalue weighted by atomic mass is 10.0. The molecule has 9 heteroatoms. The first-order chi connectivity index (χ1) is 9.98. The normalized spacial score (nSPS) is 19.0. The predicted molar refractivity (Wildman–Crippen MR) is 90.0 cm³/mol. The lowest BCUT2D eigenvalue weighted by Crippen LogP contribution is -2.46. The maximum absolute atomic E-state index is 12.7. The standard InChI is InChI=1S/C13H16BrN3O3S.ClH/c14-10-7-9-1-2-13(18)16-11(9)8-12(10)21(19,20)17-5-3-15-4-6-17;/h7-8,15H,1-6H2,(H,16,18);1H. The number of piperazine rings is 1. The smallest absolute Gasteiger partial charge is 0.244 e. The minimum Gasteiger partial charge on any atom is -0.326 e. The highest BCUT2D eigenvalue weighted by Crippen LogP contribution is 2.33. The average molecular weight is 411 g/mol. The molecule has 1 amide bonds. The molecular formula is C13H17BrClN3O3S. The van der Waals surface area contributed by atoms with Gasteiger partial charge in [0.15, 0.2) is 0 Å². The maximum Gasteiger partial charge on any atom is 0.244 e. The van der Waals surface area contributed by atoms with E-state index < -0.39 is 10.0 Å². The van der Waals surface area contributed by atoms with Crippen LogP contribution in [0.15, 0.2) is 21.5 Å². The first-order valence-electron chi connectivity index (χ1n) is 6.81. The molecule has 2 aliphatic heterocycles. The van der Waals surface area contributed by atoms with Crippen LogP contribution in [0.5, 0.6) is 0 Å². The number of benzene rings is 1. The van der Waals surface area contributed by atoms with Crippen LogP contribution in [0.25, 0.3) is 0 Å². The Morgan fingerprint density at radius 2 is 1.82 bits per heavy atom. The minimum atomic E-state index is -3.55. The topological polar surface area (TPSA) is 78.5 Å². The quantitative estimate of drug-likeness (QED) is 0.771. The summed E-state index contributed by atoms with van der Waals surface area (Å²) in [5.41, 5.74) is 1.56. The highest BCUT2D eigenvalue weighted by Gasteiger charge is 2.29. The van der Waals surface area contributed by atoms with Crippen LogP contribution in [0.4, 0.5) is 5.69 Å². The van der Waals surface area contributed by atoms with Crippen LogP contribution in [0.2, 0.25) is 0 Å². The van der Waals surface area contributed by atoms with Crippen LogP contribution in [-0.2, 0) is 21.2 Å². The van der Waals surface area contributed by atoms with Gasteiger partial charge in [-0.2, -0.15) is 4.31 Å². The Labute approximate surface area is 144 Å². The van der Waals surface area contributed by atoms with Gasteiger partial charge in [0, 0.05) is 42.8 Å². The number of hydrogen-bond acceptors (Lipinski definition) is 4. The van der Waals surface area contributed by atoms with Crippen LogP contribution >= 0.6 is 28.3 Å². The van der Waals surface area contributed by atoms with Gasteiger partial charge in [-0.25, -0.2) is 8.42 Å². The zero-order valence-electron chi connectivity index (χ0n) is 11.8. The van der Waals surface area contributed by atoms with E-state index in [1.165, 1.54) is 4.31 Å². The van der Waals surface area contributed by atoms with Crippen molar-refractivity contribution in [2.45, 2.75) is 17.7 Å². The number of aryl methyl sites for hydroxylation is 1. The number of carbonyl (C=O) groups excluding carboxylic acids is 1. The molecule has 3 rings (SSSR count). The van der Waals surface area contributed by atoms with Crippen molar-refractivity contribution in [2.24, 2.45) is 0 Å². The highest BCUT2D eigenvalue weighted by molar-refractivity contribution is 9.10. The fourth-order valence-electron chi connectivity index (χ4n) is 2.60. The minimum absolute atomic E-state index is 0. The number of nitrogens with one attached hydrogen (secondary N) is 2. The molecular weight excluding hydrogens is 394 g/mol. The second-order valence-corrected chi connectivity index (χ2v) is 7.90. The number of amides is 1. The summed E-state index contributed by atoms with van der Waals surface area (Å²) in [5.74, 6) is -0.0738. The molecule has 1 saturated heterocycles. The van der Waals surface area contributed by atoms with E-state index in [2.05, 4.69) is 26.6 Å². The monoisotopic (exact) mass is 409 g/mol. The van der Waals surface area contributed by atoms with Gasteiger partial charge in [-0.1, -0.05) is 0 Å². The van der Waals surface area contributed by atoms with E-state index in [0.717, 1.165) is 5.56 Å². The number of nitrogens with zero attached hydrogens (tertiary/aromatic N) is 1. The maximum atomic E-state index is 12.7. The molecule has 2 heterocycles. The fraction of sp³-hybridized carbons (Fsp3) is 0.462. The van der Waals surface area contributed by atoms with Gasteiger partial charge in [-0.3, -0.25) is 4.79 Å². The largest absolute Gasteiger partial charge is 0.326 e. The van der Waals surface area contributed by atoms with Gasteiger partial charge in [0.1, 0.15) is 0 Å². The third-order valence-electron chi connectivity index (χ3n) is 3.75. The van der Waals surface area contributed by atoms with Crippen LogP contribution in [-0.4, -0.2) is 44.8 Å². The highest BCUT2D eigenvalue weighted by atomic mass is 79.9. The Hall–Kier alpha value is -0.670. The number of carbonyl (C=O) groups is 1. The van der Waals surface area contributed by atoms with Crippen molar-refractivity contribution in [1.82, 2.24) is 9.62 Å². The SMILES string of the molecule is Cl.O=C1CCc2cc(Br)c(S(=O)(=O)N3CCNCC3)cc2N1. The number of sulfonamides is 1. The van der Waals surface area contributed by atoms with Crippen molar-refractivity contribution >= 4 is 50.0 Å². The van der Waals surface area contributed by atoms with Gasteiger partial charge in [0.25, 0.3) is 0 Å². The molecule has 0 spiro atoms. The molecule has 0 unspecified atom stereocenters. The summed E-state index contributed by atoms with van der Waals surface area (Å²) in [4.78, 5) is 11.7. The van der Waals surface area contributed by atoms with Gasteiger partial charge >= 0.3 is 0 Å². The molecule has 1 aromatic carbocycles. The zero-order valence-corrected chi connectivity index (χ0v) is 15.0. The number of anilines is 1. The molecule has 0 radical (unpaired) electrons. The summed E-state index contributed by atoms with van der Waals surface area (Å²) in [6.45, 7) is 2.22. The predicted octanol–water partition coefficient (Wildman–Crippen LogP) is 1.35. The summed E-state index contributed by atoms with van der Waals surface area (Å²) < 4.78 is 27.5. The Kier molecular flexibility index (Phi) is 5.50. The summed E-state index contributed by atoms with van der Waals surface area (Å²) in [6, 6.07) is 3.36. The van der Waals surface area contributed by atoms with E-state index in [1.54, 1.807) is 12.1 Å². The Morgan fingerprint density at radius 1 is 1.14 bits per heavy atom. The van der Waals surface area contributed by atoms with Crippen LogP contribution < -0.4 is 10.6 Å². The van der Waals surface area contributed by atoms with Crippen molar-refractivity contribution in [3.05, 3.63) is 22.2 Å².